The van der Waals surface area contributed by atoms with Crippen LogP contribution in [0.2, 0.25) is 0 Å². The molecule has 112 valence electrons. The summed E-state index contributed by atoms with van der Waals surface area (Å²) in [7, 11) is 0. The van der Waals surface area contributed by atoms with E-state index >= 15 is 0 Å². The Balaban J connectivity index is 3.66. The number of ether oxygens (including phenoxy) is 2. The molecule has 1 amide bonds. The summed E-state index contributed by atoms with van der Waals surface area (Å²) in [6.45, 7) is 8.96. The molecule has 5 nitrogen and oxygen atoms in total. The molecule has 0 saturated carbocycles. The van der Waals surface area contributed by atoms with Crippen LogP contribution in [0.25, 0.3) is 0 Å². The van der Waals surface area contributed by atoms with Gasteiger partial charge in [0.2, 0.25) is 5.91 Å². The lowest BCUT2D eigenvalue weighted by molar-refractivity contribution is -0.131. The first-order valence-electron chi connectivity index (χ1n) is 6.94. The Morgan fingerprint density at radius 1 is 1.11 bits per heavy atom. The largest absolute Gasteiger partial charge is 0.379 e. The number of hydrogen-bond donors (Lipinski definition) is 1. The number of rotatable bonds is 11. The average Bonchev–Trinajstić information content (AvgIpc) is 2.34. The Morgan fingerprint density at radius 3 is 2.26 bits per heavy atom. The number of unbranched alkanes of at least 4 members (excludes halogenated alkanes) is 1. The van der Waals surface area contributed by atoms with Gasteiger partial charge in [-0.3, -0.25) is 9.59 Å². The third-order valence-electron chi connectivity index (χ3n) is 2.67. The molecule has 0 fully saturated rings. The number of nitrogens with one attached hydrogen (secondary N) is 1. The fourth-order valence-electron chi connectivity index (χ4n) is 1.58. The standard InChI is InChI=1S/C14H27NO4/c1-5-6-7-18-8-9-19-10-13(17)15-14(11(2)3)12(4)16/h11,14H,5-10H2,1-4H3,(H,15,17). The lowest BCUT2D eigenvalue weighted by atomic mass is 10.0. The third kappa shape index (κ3) is 9.62. The van der Waals surface area contributed by atoms with E-state index in [0.717, 1.165) is 19.4 Å². The van der Waals surface area contributed by atoms with Crippen LogP contribution in [0.15, 0.2) is 0 Å². The van der Waals surface area contributed by atoms with Gasteiger partial charge in [-0.25, -0.2) is 0 Å². The second-order valence-electron chi connectivity index (χ2n) is 4.92. The first-order valence-corrected chi connectivity index (χ1v) is 6.94. The van der Waals surface area contributed by atoms with Gasteiger partial charge in [-0.2, -0.15) is 0 Å². The molecule has 0 aromatic rings. The average molecular weight is 273 g/mol. The van der Waals surface area contributed by atoms with Gasteiger partial charge < -0.3 is 14.8 Å². The summed E-state index contributed by atoms with van der Waals surface area (Å²) in [5, 5.41) is 2.67. The number of carbonyl (C=O) groups is 2. The van der Waals surface area contributed by atoms with E-state index in [1.165, 1.54) is 6.92 Å². The molecule has 1 atom stereocenters. The first-order chi connectivity index (χ1) is 8.99. The van der Waals surface area contributed by atoms with Crippen molar-refractivity contribution in [1.29, 1.82) is 0 Å². The summed E-state index contributed by atoms with van der Waals surface area (Å²) in [4.78, 5) is 22.9. The quantitative estimate of drug-likeness (QED) is 0.580. The van der Waals surface area contributed by atoms with Gasteiger partial charge in [0.25, 0.3) is 0 Å². The van der Waals surface area contributed by atoms with Gasteiger partial charge in [-0.05, 0) is 19.3 Å². The maximum absolute atomic E-state index is 11.6. The van der Waals surface area contributed by atoms with Gasteiger partial charge in [0.05, 0.1) is 19.3 Å². The van der Waals surface area contributed by atoms with Crippen LogP contribution in [0.3, 0.4) is 0 Å². The molecule has 0 aromatic heterocycles. The fraction of sp³-hybridized carbons (Fsp3) is 0.857. The molecule has 0 saturated heterocycles. The molecule has 5 heteroatoms. The summed E-state index contributed by atoms with van der Waals surface area (Å²) >= 11 is 0. The van der Waals surface area contributed by atoms with Gasteiger partial charge in [-0.15, -0.1) is 0 Å². The smallest absolute Gasteiger partial charge is 0.246 e. The summed E-state index contributed by atoms with van der Waals surface area (Å²) in [5.74, 6) is -0.215. The molecule has 0 heterocycles. The number of Topliss-reactive ketones (excluding diaryl/α,β-unsaturated/α-hetero) is 1. The van der Waals surface area contributed by atoms with Crippen LogP contribution < -0.4 is 5.32 Å². The zero-order chi connectivity index (χ0) is 14.7. The van der Waals surface area contributed by atoms with Crippen LogP contribution in [0.4, 0.5) is 0 Å². The SMILES string of the molecule is CCCCOCCOCC(=O)NC(C(C)=O)C(C)C. The lowest BCUT2D eigenvalue weighted by Gasteiger charge is -2.19. The highest BCUT2D eigenvalue weighted by atomic mass is 16.5. The fourth-order valence-corrected chi connectivity index (χ4v) is 1.58. The Hall–Kier alpha value is -0.940. The van der Waals surface area contributed by atoms with Crippen molar-refractivity contribution in [2.75, 3.05) is 26.4 Å². The molecule has 0 aliphatic heterocycles. The van der Waals surface area contributed by atoms with E-state index in [4.69, 9.17) is 9.47 Å². The molecule has 0 aliphatic carbocycles. The topological polar surface area (TPSA) is 64.6 Å². The summed E-state index contributed by atoms with van der Waals surface area (Å²) < 4.78 is 10.5. The van der Waals surface area contributed by atoms with Crippen LogP contribution in [-0.4, -0.2) is 44.2 Å². The van der Waals surface area contributed by atoms with E-state index in [2.05, 4.69) is 12.2 Å². The van der Waals surface area contributed by atoms with E-state index in [1.54, 1.807) is 0 Å². The molecule has 0 rings (SSSR count). The Kier molecular flexibility index (Phi) is 10.4. The predicted octanol–water partition coefficient (Wildman–Crippen LogP) is 1.55. The normalized spacial score (nSPS) is 12.5. The molecular weight excluding hydrogens is 246 g/mol. The number of amides is 1. The van der Waals surface area contributed by atoms with Crippen LogP contribution in [0.1, 0.15) is 40.5 Å². The maximum atomic E-state index is 11.6. The highest BCUT2D eigenvalue weighted by Gasteiger charge is 2.20. The van der Waals surface area contributed by atoms with Gasteiger partial charge in [0.15, 0.2) is 5.78 Å². The van der Waals surface area contributed by atoms with Gasteiger partial charge in [-0.1, -0.05) is 27.2 Å². The first kappa shape index (κ1) is 18.1. The predicted molar refractivity (Wildman–Crippen MR) is 74.0 cm³/mol. The van der Waals surface area contributed by atoms with Crippen molar-refractivity contribution in [1.82, 2.24) is 5.32 Å². The molecule has 19 heavy (non-hydrogen) atoms. The molecule has 1 unspecified atom stereocenters. The summed E-state index contributed by atoms with van der Waals surface area (Å²) in [6.07, 6.45) is 2.14. The number of carbonyl (C=O) groups excluding carboxylic acids is 2. The molecule has 0 spiro atoms. The molecule has 0 bridgehead atoms. The van der Waals surface area contributed by atoms with Gasteiger partial charge in [0.1, 0.15) is 6.61 Å². The molecule has 0 radical (unpaired) electrons. The van der Waals surface area contributed by atoms with Crippen LogP contribution in [0.5, 0.6) is 0 Å². The van der Waals surface area contributed by atoms with Crippen molar-refractivity contribution in [3.05, 3.63) is 0 Å². The molecule has 0 aliphatic rings. The second kappa shape index (κ2) is 10.9. The Labute approximate surface area is 116 Å². The minimum Gasteiger partial charge on any atom is -0.379 e. The van der Waals surface area contributed by atoms with Crippen molar-refractivity contribution in [2.24, 2.45) is 5.92 Å². The molecule has 0 aromatic carbocycles. The van der Waals surface area contributed by atoms with Gasteiger partial charge in [0, 0.05) is 6.61 Å². The van der Waals surface area contributed by atoms with Crippen molar-refractivity contribution < 1.29 is 19.1 Å². The van der Waals surface area contributed by atoms with Crippen LogP contribution in [-0.2, 0) is 19.1 Å². The summed E-state index contributed by atoms with van der Waals surface area (Å²) in [6, 6.07) is -0.433. The van der Waals surface area contributed by atoms with Crippen LogP contribution in [0, 0.1) is 5.92 Å². The van der Waals surface area contributed by atoms with E-state index in [9.17, 15) is 9.59 Å². The maximum Gasteiger partial charge on any atom is 0.246 e. The number of hydrogen-bond acceptors (Lipinski definition) is 4. The zero-order valence-corrected chi connectivity index (χ0v) is 12.5. The zero-order valence-electron chi connectivity index (χ0n) is 12.5. The van der Waals surface area contributed by atoms with Crippen molar-refractivity contribution in [3.8, 4) is 0 Å². The summed E-state index contributed by atoms with van der Waals surface area (Å²) in [5.41, 5.74) is 0. The van der Waals surface area contributed by atoms with E-state index in [-0.39, 0.29) is 24.2 Å². The van der Waals surface area contributed by atoms with Gasteiger partial charge >= 0.3 is 0 Å². The monoisotopic (exact) mass is 273 g/mol. The minimum atomic E-state index is -0.433. The van der Waals surface area contributed by atoms with E-state index < -0.39 is 6.04 Å². The lowest BCUT2D eigenvalue weighted by Crippen LogP contribution is -2.44. The van der Waals surface area contributed by atoms with E-state index in [1.807, 2.05) is 13.8 Å². The van der Waals surface area contributed by atoms with Crippen LogP contribution >= 0.6 is 0 Å². The van der Waals surface area contributed by atoms with E-state index in [0.29, 0.717) is 13.2 Å². The molecular formula is C14H27NO4. The second-order valence-corrected chi connectivity index (χ2v) is 4.92. The van der Waals surface area contributed by atoms with Crippen molar-refractivity contribution in [2.45, 2.75) is 46.6 Å². The molecule has 1 N–H and O–H groups in total. The van der Waals surface area contributed by atoms with Crippen molar-refractivity contribution in [3.63, 3.8) is 0 Å². The minimum absolute atomic E-state index is 0.0341. The highest BCUT2D eigenvalue weighted by molar-refractivity contribution is 5.88. The Bertz CT molecular complexity index is 266. The number of ketones is 1. The Morgan fingerprint density at radius 2 is 1.74 bits per heavy atom. The van der Waals surface area contributed by atoms with Crippen molar-refractivity contribution >= 4 is 11.7 Å². The third-order valence-corrected chi connectivity index (χ3v) is 2.67. The highest BCUT2D eigenvalue weighted by Crippen LogP contribution is 2.02.